The first-order chi connectivity index (χ1) is 11.8. The standard InChI is InChI=1S/C18H30N4OS/c1-14-20-17-5-9-22(7-3-11-24-2)8-4-16(17)18(21-14)19-12-15-6-10-23-13-15/h15H,3-13H2,1-2H3,(H,19,20,21)/t15-/m0/s1. The predicted molar refractivity (Wildman–Crippen MR) is 101 cm³/mol. The molecule has 1 atom stereocenters. The van der Waals surface area contributed by atoms with Crippen LogP contribution in [0.2, 0.25) is 0 Å². The van der Waals surface area contributed by atoms with E-state index >= 15 is 0 Å². The van der Waals surface area contributed by atoms with Crippen molar-refractivity contribution in [2.24, 2.45) is 5.92 Å². The zero-order valence-corrected chi connectivity index (χ0v) is 15.8. The van der Waals surface area contributed by atoms with Crippen molar-refractivity contribution in [1.82, 2.24) is 14.9 Å². The van der Waals surface area contributed by atoms with Crippen molar-refractivity contribution in [1.29, 1.82) is 0 Å². The third-order valence-electron chi connectivity index (χ3n) is 4.95. The summed E-state index contributed by atoms with van der Waals surface area (Å²) >= 11 is 1.94. The molecule has 1 fully saturated rings. The monoisotopic (exact) mass is 350 g/mol. The van der Waals surface area contributed by atoms with Gasteiger partial charge in [-0.15, -0.1) is 0 Å². The zero-order chi connectivity index (χ0) is 16.8. The lowest BCUT2D eigenvalue weighted by atomic mass is 10.1. The molecule has 0 spiro atoms. The first-order valence-electron chi connectivity index (χ1n) is 9.15. The lowest BCUT2D eigenvalue weighted by Crippen LogP contribution is -2.28. The largest absolute Gasteiger partial charge is 0.381 e. The van der Waals surface area contributed by atoms with Gasteiger partial charge in [0.05, 0.1) is 12.3 Å². The molecular weight excluding hydrogens is 320 g/mol. The minimum Gasteiger partial charge on any atom is -0.381 e. The fraction of sp³-hybridized carbons (Fsp3) is 0.778. The van der Waals surface area contributed by atoms with Crippen LogP contribution in [0.5, 0.6) is 0 Å². The maximum atomic E-state index is 5.48. The van der Waals surface area contributed by atoms with Crippen LogP contribution in [0.4, 0.5) is 5.82 Å². The summed E-state index contributed by atoms with van der Waals surface area (Å²) in [6, 6.07) is 0. The Balaban J connectivity index is 1.64. The van der Waals surface area contributed by atoms with Gasteiger partial charge in [0, 0.05) is 44.1 Å². The molecule has 2 aliphatic heterocycles. The molecule has 0 amide bonds. The molecule has 3 heterocycles. The Morgan fingerprint density at radius 2 is 2.17 bits per heavy atom. The highest BCUT2D eigenvalue weighted by Crippen LogP contribution is 2.23. The van der Waals surface area contributed by atoms with E-state index < -0.39 is 0 Å². The first kappa shape index (κ1) is 18.0. The van der Waals surface area contributed by atoms with E-state index in [0.717, 1.165) is 63.8 Å². The van der Waals surface area contributed by atoms with Crippen molar-refractivity contribution >= 4 is 17.6 Å². The molecule has 5 nitrogen and oxygen atoms in total. The second-order valence-corrected chi connectivity index (χ2v) is 7.83. The van der Waals surface area contributed by atoms with Crippen molar-refractivity contribution < 1.29 is 4.74 Å². The van der Waals surface area contributed by atoms with Crippen LogP contribution in [0.3, 0.4) is 0 Å². The first-order valence-corrected chi connectivity index (χ1v) is 10.5. The Morgan fingerprint density at radius 1 is 1.29 bits per heavy atom. The van der Waals surface area contributed by atoms with E-state index in [1.54, 1.807) is 0 Å². The Hall–Kier alpha value is -0.850. The van der Waals surface area contributed by atoms with E-state index in [9.17, 15) is 0 Å². The summed E-state index contributed by atoms with van der Waals surface area (Å²) in [7, 11) is 0. The van der Waals surface area contributed by atoms with Gasteiger partial charge >= 0.3 is 0 Å². The van der Waals surface area contributed by atoms with Gasteiger partial charge in [-0.2, -0.15) is 11.8 Å². The number of nitrogens with one attached hydrogen (secondary N) is 1. The van der Waals surface area contributed by atoms with Gasteiger partial charge in [-0.3, -0.25) is 0 Å². The molecular formula is C18H30N4OS. The van der Waals surface area contributed by atoms with E-state index in [-0.39, 0.29) is 0 Å². The number of thioether (sulfide) groups is 1. The quantitative estimate of drug-likeness (QED) is 0.762. The van der Waals surface area contributed by atoms with Crippen LogP contribution < -0.4 is 5.32 Å². The number of hydrogen-bond donors (Lipinski definition) is 1. The van der Waals surface area contributed by atoms with E-state index in [4.69, 9.17) is 14.7 Å². The van der Waals surface area contributed by atoms with E-state index in [1.807, 2.05) is 18.7 Å². The van der Waals surface area contributed by atoms with Gasteiger partial charge in [0.2, 0.25) is 0 Å². The minimum atomic E-state index is 0.616. The number of anilines is 1. The van der Waals surface area contributed by atoms with Crippen LogP contribution in [-0.4, -0.2) is 66.3 Å². The number of aromatic nitrogens is 2. The van der Waals surface area contributed by atoms with Crippen molar-refractivity contribution in [3.8, 4) is 0 Å². The zero-order valence-electron chi connectivity index (χ0n) is 15.0. The van der Waals surface area contributed by atoms with E-state index in [0.29, 0.717) is 5.92 Å². The normalized spacial score (nSPS) is 21.5. The van der Waals surface area contributed by atoms with Crippen LogP contribution in [0, 0.1) is 12.8 Å². The van der Waals surface area contributed by atoms with Crippen LogP contribution in [0.15, 0.2) is 0 Å². The number of rotatable bonds is 7. The Morgan fingerprint density at radius 3 is 2.96 bits per heavy atom. The molecule has 0 saturated carbocycles. The third-order valence-corrected chi connectivity index (χ3v) is 5.65. The second-order valence-electron chi connectivity index (χ2n) is 6.84. The molecule has 2 aliphatic rings. The second kappa shape index (κ2) is 9.02. The molecule has 0 aliphatic carbocycles. The van der Waals surface area contributed by atoms with Crippen molar-refractivity contribution in [3.63, 3.8) is 0 Å². The molecule has 0 unspecified atom stereocenters. The maximum absolute atomic E-state index is 5.48. The van der Waals surface area contributed by atoms with E-state index in [2.05, 4.69) is 16.5 Å². The summed E-state index contributed by atoms with van der Waals surface area (Å²) in [5.74, 6) is 3.81. The number of hydrogen-bond acceptors (Lipinski definition) is 6. The maximum Gasteiger partial charge on any atom is 0.133 e. The highest BCUT2D eigenvalue weighted by atomic mass is 32.2. The average molecular weight is 351 g/mol. The number of nitrogens with zero attached hydrogens (tertiary/aromatic N) is 3. The summed E-state index contributed by atoms with van der Waals surface area (Å²) in [5.41, 5.74) is 2.59. The SMILES string of the molecule is CSCCCN1CCc2nc(C)nc(NC[C@@H]3CCOC3)c2CC1. The Kier molecular flexibility index (Phi) is 6.75. The molecule has 1 N–H and O–H groups in total. The van der Waals surface area contributed by atoms with Gasteiger partial charge in [-0.25, -0.2) is 9.97 Å². The summed E-state index contributed by atoms with van der Waals surface area (Å²) in [5, 5.41) is 3.60. The minimum absolute atomic E-state index is 0.616. The molecule has 1 aromatic rings. The van der Waals surface area contributed by atoms with Gasteiger partial charge in [0.15, 0.2) is 0 Å². The van der Waals surface area contributed by atoms with Gasteiger partial charge in [0.1, 0.15) is 11.6 Å². The number of fused-ring (bicyclic) bond motifs is 1. The predicted octanol–water partition coefficient (Wildman–Crippen LogP) is 2.39. The summed E-state index contributed by atoms with van der Waals surface area (Å²) < 4.78 is 5.48. The van der Waals surface area contributed by atoms with Crippen LogP contribution in [0.1, 0.15) is 29.9 Å². The molecule has 0 radical (unpaired) electrons. The van der Waals surface area contributed by atoms with E-state index in [1.165, 1.54) is 30.0 Å². The van der Waals surface area contributed by atoms with Crippen molar-refractivity contribution in [2.75, 3.05) is 56.7 Å². The van der Waals surface area contributed by atoms with Gasteiger partial charge in [-0.05, 0) is 44.7 Å². The van der Waals surface area contributed by atoms with Crippen molar-refractivity contribution in [2.45, 2.75) is 32.6 Å². The van der Waals surface area contributed by atoms with Crippen LogP contribution in [-0.2, 0) is 17.6 Å². The molecule has 1 saturated heterocycles. The Bertz CT molecular complexity index is 534. The van der Waals surface area contributed by atoms with Crippen LogP contribution >= 0.6 is 11.8 Å². The highest BCUT2D eigenvalue weighted by molar-refractivity contribution is 7.98. The fourth-order valence-corrected chi connectivity index (χ4v) is 3.97. The average Bonchev–Trinajstić information content (AvgIpc) is 3.01. The lowest BCUT2D eigenvalue weighted by Gasteiger charge is -2.19. The molecule has 6 heteroatoms. The molecule has 0 aromatic carbocycles. The molecule has 134 valence electrons. The third kappa shape index (κ3) is 4.83. The number of aryl methyl sites for hydroxylation is 1. The fourth-order valence-electron chi connectivity index (χ4n) is 3.56. The summed E-state index contributed by atoms with van der Waals surface area (Å²) in [6.45, 7) is 8.18. The van der Waals surface area contributed by atoms with Gasteiger partial charge in [0.25, 0.3) is 0 Å². The van der Waals surface area contributed by atoms with Crippen LogP contribution in [0.25, 0.3) is 0 Å². The lowest BCUT2D eigenvalue weighted by molar-refractivity contribution is 0.187. The van der Waals surface area contributed by atoms with Gasteiger partial charge in [-0.1, -0.05) is 0 Å². The summed E-state index contributed by atoms with van der Waals surface area (Å²) in [4.78, 5) is 12.0. The molecule has 3 rings (SSSR count). The number of ether oxygens (including phenoxy) is 1. The topological polar surface area (TPSA) is 50.3 Å². The molecule has 24 heavy (non-hydrogen) atoms. The Labute approximate surface area is 150 Å². The van der Waals surface area contributed by atoms with Crippen molar-refractivity contribution in [3.05, 3.63) is 17.1 Å². The van der Waals surface area contributed by atoms with Gasteiger partial charge < -0.3 is 15.0 Å². The highest BCUT2D eigenvalue weighted by Gasteiger charge is 2.21. The molecule has 0 bridgehead atoms. The summed E-state index contributed by atoms with van der Waals surface area (Å²) in [6.07, 6.45) is 6.71. The smallest absolute Gasteiger partial charge is 0.133 e. The molecule has 1 aromatic heterocycles.